The average Bonchev–Trinajstić information content (AvgIpc) is 2.26. The number of hydrogen-bond acceptors (Lipinski definition) is 5. The van der Waals surface area contributed by atoms with Crippen molar-refractivity contribution in [1.82, 2.24) is 4.72 Å². The SMILES string of the molecule is CC(O)CC(C)NS(=O)(=O)Cc1ccccc1[N+](=O)[O-]. The Labute approximate surface area is 117 Å². The summed E-state index contributed by atoms with van der Waals surface area (Å²) in [6.07, 6.45) is -0.352. The molecule has 0 amide bonds. The molecule has 0 aliphatic heterocycles. The number of benzene rings is 1. The van der Waals surface area contributed by atoms with Crippen LogP contribution in [0.1, 0.15) is 25.8 Å². The van der Waals surface area contributed by atoms with Crippen molar-refractivity contribution in [1.29, 1.82) is 0 Å². The number of nitrogens with one attached hydrogen (secondary N) is 1. The van der Waals surface area contributed by atoms with Crippen LogP contribution in [0.25, 0.3) is 0 Å². The van der Waals surface area contributed by atoms with Gasteiger partial charge in [0, 0.05) is 17.7 Å². The highest BCUT2D eigenvalue weighted by Gasteiger charge is 2.21. The zero-order valence-corrected chi connectivity index (χ0v) is 12.1. The van der Waals surface area contributed by atoms with Gasteiger partial charge >= 0.3 is 0 Å². The van der Waals surface area contributed by atoms with Crippen molar-refractivity contribution in [2.75, 3.05) is 0 Å². The van der Waals surface area contributed by atoms with E-state index in [0.29, 0.717) is 0 Å². The molecule has 7 nitrogen and oxygen atoms in total. The van der Waals surface area contributed by atoms with Crippen LogP contribution in [0.4, 0.5) is 5.69 Å². The Morgan fingerprint density at radius 2 is 1.95 bits per heavy atom. The highest BCUT2D eigenvalue weighted by Crippen LogP contribution is 2.20. The van der Waals surface area contributed by atoms with Crippen LogP contribution in [0.15, 0.2) is 24.3 Å². The van der Waals surface area contributed by atoms with Crippen molar-refractivity contribution in [3.05, 3.63) is 39.9 Å². The van der Waals surface area contributed by atoms with E-state index < -0.39 is 32.8 Å². The summed E-state index contributed by atoms with van der Waals surface area (Å²) in [6.45, 7) is 3.19. The van der Waals surface area contributed by atoms with E-state index in [2.05, 4.69) is 4.72 Å². The molecule has 1 aromatic rings. The first-order valence-corrected chi connectivity index (χ1v) is 7.77. The van der Waals surface area contributed by atoms with Gasteiger partial charge in [0.15, 0.2) is 0 Å². The van der Waals surface area contributed by atoms with Crippen LogP contribution in [-0.4, -0.2) is 30.6 Å². The van der Waals surface area contributed by atoms with Crippen LogP contribution in [0.2, 0.25) is 0 Å². The topological polar surface area (TPSA) is 110 Å². The van der Waals surface area contributed by atoms with E-state index in [1.54, 1.807) is 19.9 Å². The molecule has 1 rings (SSSR count). The third-order valence-corrected chi connectivity index (χ3v) is 4.06. The second-order valence-corrected chi connectivity index (χ2v) is 6.50. The Morgan fingerprint density at radius 1 is 1.35 bits per heavy atom. The minimum absolute atomic E-state index is 0.134. The van der Waals surface area contributed by atoms with Crippen molar-refractivity contribution in [2.45, 2.75) is 38.2 Å². The molecule has 8 heteroatoms. The molecule has 0 aromatic heterocycles. The Balaban J connectivity index is 2.84. The Kier molecular flexibility index (Phi) is 5.61. The number of rotatable bonds is 7. The average molecular weight is 302 g/mol. The van der Waals surface area contributed by atoms with Gasteiger partial charge in [-0.05, 0) is 20.3 Å². The zero-order chi connectivity index (χ0) is 15.3. The zero-order valence-electron chi connectivity index (χ0n) is 11.3. The van der Waals surface area contributed by atoms with E-state index in [1.807, 2.05) is 0 Å². The highest BCUT2D eigenvalue weighted by molar-refractivity contribution is 7.88. The lowest BCUT2D eigenvalue weighted by Crippen LogP contribution is -2.35. The van der Waals surface area contributed by atoms with Gasteiger partial charge in [0.2, 0.25) is 10.0 Å². The normalized spacial score (nSPS) is 14.8. The molecular weight excluding hydrogens is 284 g/mol. The van der Waals surface area contributed by atoms with Gasteiger partial charge in [0.05, 0.1) is 16.8 Å². The summed E-state index contributed by atoms with van der Waals surface area (Å²) < 4.78 is 26.3. The first-order valence-electron chi connectivity index (χ1n) is 6.11. The molecule has 1 aromatic carbocycles. The fraction of sp³-hybridized carbons (Fsp3) is 0.500. The van der Waals surface area contributed by atoms with Crippen LogP contribution in [-0.2, 0) is 15.8 Å². The highest BCUT2D eigenvalue weighted by atomic mass is 32.2. The summed E-state index contributed by atoms with van der Waals surface area (Å²) in [7, 11) is -3.70. The number of aliphatic hydroxyl groups is 1. The number of nitro groups is 1. The molecule has 2 N–H and O–H groups in total. The minimum atomic E-state index is -3.70. The quantitative estimate of drug-likeness (QED) is 0.580. The summed E-state index contributed by atoms with van der Waals surface area (Å²) in [5, 5.41) is 20.0. The number of nitro benzene ring substituents is 1. The molecule has 0 fully saturated rings. The van der Waals surface area contributed by atoms with Crippen LogP contribution in [0, 0.1) is 10.1 Å². The molecule has 2 unspecified atom stereocenters. The predicted octanol–water partition coefficient (Wildman–Crippen LogP) is 1.17. The van der Waals surface area contributed by atoms with Gasteiger partial charge in [-0.15, -0.1) is 0 Å². The maximum atomic E-state index is 12.0. The Hall–Kier alpha value is -1.51. The monoisotopic (exact) mass is 302 g/mol. The predicted molar refractivity (Wildman–Crippen MR) is 74.6 cm³/mol. The first kappa shape index (κ1) is 16.5. The maximum absolute atomic E-state index is 12.0. The molecule has 0 bridgehead atoms. The van der Waals surface area contributed by atoms with Gasteiger partial charge in [0.25, 0.3) is 5.69 Å². The summed E-state index contributed by atoms with van der Waals surface area (Å²) in [5.74, 6) is -0.464. The van der Waals surface area contributed by atoms with Gasteiger partial charge in [-0.2, -0.15) is 0 Å². The van der Waals surface area contributed by atoms with Crippen molar-refractivity contribution >= 4 is 15.7 Å². The fourth-order valence-electron chi connectivity index (χ4n) is 1.92. The molecule has 20 heavy (non-hydrogen) atoms. The van der Waals surface area contributed by atoms with E-state index >= 15 is 0 Å². The van der Waals surface area contributed by atoms with Crippen LogP contribution >= 0.6 is 0 Å². The molecule has 0 aliphatic rings. The lowest BCUT2D eigenvalue weighted by Gasteiger charge is -2.15. The van der Waals surface area contributed by atoms with Crippen molar-refractivity contribution in [3.63, 3.8) is 0 Å². The molecule has 0 aliphatic carbocycles. The largest absolute Gasteiger partial charge is 0.393 e. The van der Waals surface area contributed by atoms with E-state index in [1.165, 1.54) is 18.2 Å². The van der Waals surface area contributed by atoms with Crippen LogP contribution in [0.3, 0.4) is 0 Å². The summed E-state index contributed by atoms with van der Waals surface area (Å²) in [5.41, 5.74) is -0.0877. The number of sulfonamides is 1. The van der Waals surface area contributed by atoms with Crippen LogP contribution < -0.4 is 4.72 Å². The van der Waals surface area contributed by atoms with Crippen molar-refractivity contribution in [3.8, 4) is 0 Å². The third-order valence-electron chi connectivity index (χ3n) is 2.61. The summed E-state index contributed by atoms with van der Waals surface area (Å²) in [4.78, 5) is 10.2. The number of aliphatic hydroxyl groups excluding tert-OH is 1. The van der Waals surface area contributed by atoms with Crippen LogP contribution in [0.5, 0.6) is 0 Å². The lowest BCUT2D eigenvalue weighted by molar-refractivity contribution is -0.385. The van der Waals surface area contributed by atoms with Gasteiger partial charge in [-0.3, -0.25) is 10.1 Å². The van der Waals surface area contributed by atoms with E-state index in [4.69, 9.17) is 0 Å². The standard InChI is InChI=1S/C12H18N2O5S/c1-9(7-10(2)15)13-20(18,19)8-11-5-3-4-6-12(11)14(16)17/h3-6,9-10,13,15H,7-8H2,1-2H3. The van der Waals surface area contributed by atoms with E-state index in [-0.39, 0.29) is 17.7 Å². The van der Waals surface area contributed by atoms with Crippen molar-refractivity contribution in [2.24, 2.45) is 0 Å². The lowest BCUT2D eigenvalue weighted by atomic mass is 10.2. The fourth-order valence-corrected chi connectivity index (χ4v) is 3.37. The Bertz CT molecular complexity index is 571. The second kappa shape index (κ2) is 6.78. The van der Waals surface area contributed by atoms with Crippen molar-refractivity contribution < 1.29 is 18.4 Å². The molecule has 0 heterocycles. The molecule has 0 radical (unpaired) electrons. The smallest absolute Gasteiger partial charge is 0.273 e. The number of para-hydroxylation sites is 1. The molecule has 0 spiro atoms. The molecular formula is C12H18N2O5S. The summed E-state index contributed by atoms with van der Waals surface area (Å²) >= 11 is 0. The van der Waals surface area contributed by atoms with Gasteiger partial charge < -0.3 is 5.11 Å². The van der Waals surface area contributed by atoms with Gasteiger partial charge in [0.1, 0.15) is 0 Å². The maximum Gasteiger partial charge on any atom is 0.273 e. The first-order chi connectivity index (χ1) is 9.21. The Morgan fingerprint density at radius 3 is 2.50 bits per heavy atom. The van der Waals surface area contributed by atoms with E-state index in [9.17, 15) is 23.6 Å². The van der Waals surface area contributed by atoms with Gasteiger partial charge in [-0.25, -0.2) is 13.1 Å². The van der Waals surface area contributed by atoms with E-state index in [0.717, 1.165) is 0 Å². The molecule has 0 saturated heterocycles. The molecule has 2 atom stereocenters. The summed E-state index contributed by atoms with van der Waals surface area (Å²) in [6, 6.07) is 5.28. The number of nitrogens with zero attached hydrogens (tertiary/aromatic N) is 1. The molecule has 112 valence electrons. The molecule has 0 saturated carbocycles. The second-order valence-electron chi connectivity index (χ2n) is 4.75. The minimum Gasteiger partial charge on any atom is -0.393 e. The number of hydrogen-bond donors (Lipinski definition) is 2. The third kappa shape index (κ3) is 5.24. The van der Waals surface area contributed by atoms with Gasteiger partial charge in [-0.1, -0.05) is 18.2 Å².